The average Bonchev–Trinajstić information content (AvgIpc) is 3.25. The maximum atomic E-state index is 13.4. The third-order valence-electron chi connectivity index (χ3n) is 5.84. The summed E-state index contributed by atoms with van der Waals surface area (Å²) in [6, 6.07) is 11.7. The zero-order chi connectivity index (χ0) is 22.0. The Kier molecular flexibility index (Phi) is 6.15. The standard InChI is InChI=1S/C22H26FN3O4S/c1-30-19-9-5-17(6-10-19)21-25(22(27)24-13-3-2-4-14-24)15-16-26(21)31(28,29)20-11-7-18(23)8-12-20/h5-12,21H,2-4,13-16H2,1H3. The van der Waals surface area contributed by atoms with Gasteiger partial charge in [-0.3, -0.25) is 0 Å². The van der Waals surface area contributed by atoms with Gasteiger partial charge in [-0.1, -0.05) is 12.1 Å². The maximum Gasteiger partial charge on any atom is 0.321 e. The Bertz CT molecular complexity index is 1020. The van der Waals surface area contributed by atoms with Crippen LogP contribution in [0.2, 0.25) is 0 Å². The number of hydrogen-bond acceptors (Lipinski definition) is 4. The van der Waals surface area contributed by atoms with Crippen LogP contribution in [0.5, 0.6) is 5.75 Å². The topological polar surface area (TPSA) is 70.2 Å². The van der Waals surface area contributed by atoms with E-state index in [9.17, 15) is 17.6 Å². The molecule has 2 aromatic carbocycles. The van der Waals surface area contributed by atoms with Crippen LogP contribution in [0.3, 0.4) is 0 Å². The van der Waals surface area contributed by atoms with Crippen molar-refractivity contribution >= 4 is 16.1 Å². The van der Waals surface area contributed by atoms with E-state index in [0.29, 0.717) is 24.4 Å². The molecule has 4 rings (SSSR count). The number of hydrogen-bond donors (Lipinski definition) is 0. The van der Waals surface area contributed by atoms with Crippen molar-refractivity contribution < 1.29 is 22.3 Å². The molecule has 1 unspecified atom stereocenters. The smallest absolute Gasteiger partial charge is 0.321 e. The van der Waals surface area contributed by atoms with Gasteiger partial charge < -0.3 is 14.5 Å². The minimum atomic E-state index is -3.94. The molecule has 2 aliphatic heterocycles. The maximum absolute atomic E-state index is 13.4. The van der Waals surface area contributed by atoms with Crippen LogP contribution >= 0.6 is 0 Å². The summed E-state index contributed by atoms with van der Waals surface area (Å²) in [6.45, 7) is 1.80. The second-order valence-electron chi connectivity index (χ2n) is 7.74. The number of piperidine rings is 1. The predicted octanol–water partition coefficient (Wildman–Crippen LogP) is 3.45. The van der Waals surface area contributed by atoms with E-state index < -0.39 is 22.0 Å². The van der Waals surface area contributed by atoms with Gasteiger partial charge in [-0.25, -0.2) is 17.6 Å². The molecule has 9 heteroatoms. The molecule has 0 saturated carbocycles. The van der Waals surface area contributed by atoms with Gasteiger partial charge in [0.05, 0.1) is 12.0 Å². The van der Waals surface area contributed by atoms with Crippen molar-refractivity contribution in [1.29, 1.82) is 0 Å². The predicted molar refractivity (Wildman–Crippen MR) is 114 cm³/mol. The number of nitrogens with zero attached hydrogens (tertiary/aromatic N) is 3. The van der Waals surface area contributed by atoms with Crippen LogP contribution in [-0.2, 0) is 10.0 Å². The number of urea groups is 1. The van der Waals surface area contributed by atoms with E-state index in [0.717, 1.165) is 31.4 Å². The molecule has 0 aromatic heterocycles. The summed E-state index contributed by atoms with van der Waals surface area (Å²) < 4.78 is 46.8. The van der Waals surface area contributed by atoms with Gasteiger partial charge in [-0.05, 0) is 61.2 Å². The molecule has 31 heavy (non-hydrogen) atoms. The van der Waals surface area contributed by atoms with Crippen molar-refractivity contribution in [2.75, 3.05) is 33.3 Å². The van der Waals surface area contributed by atoms with E-state index >= 15 is 0 Å². The zero-order valence-electron chi connectivity index (χ0n) is 17.4. The minimum Gasteiger partial charge on any atom is -0.497 e. The lowest BCUT2D eigenvalue weighted by molar-refractivity contribution is 0.127. The van der Waals surface area contributed by atoms with Gasteiger partial charge in [0.25, 0.3) is 0 Å². The first kappa shape index (κ1) is 21.6. The van der Waals surface area contributed by atoms with Gasteiger partial charge in [0.15, 0.2) is 0 Å². The molecule has 0 N–H and O–H groups in total. The van der Waals surface area contributed by atoms with E-state index in [4.69, 9.17) is 4.74 Å². The molecule has 2 heterocycles. The molecule has 2 fully saturated rings. The van der Waals surface area contributed by atoms with E-state index in [1.165, 1.54) is 16.4 Å². The van der Waals surface area contributed by atoms with Gasteiger partial charge in [-0.15, -0.1) is 0 Å². The summed E-state index contributed by atoms with van der Waals surface area (Å²) in [7, 11) is -2.39. The zero-order valence-corrected chi connectivity index (χ0v) is 18.2. The molecular weight excluding hydrogens is 421 g/mol. The number of carbonyl (C=O) groups excluding carboxylic acids is 1. The van der Waals surface area contributed by atoms with Crippen LogP contribution in [0.4, 0.5) is 9.18 Å². The molecule has 0 aliphatic carbocycles. The van der Waals surface area contributed by atoms with E-state index in [1.54, 1.807) is 41.2 Å². The molecule has 7 nitrogen and oxygen atoms in total. The first-order chi connectivity index (χ1) is 14.9. The number of likely N-dealkylation sites (tertiary alicyclic amines) is 1. The molecule has 0 radical (unpaired) electrons. The summed E-state index contributed by atoms with van der Waals surface area (Å²) in [6.07, 6.45) is 2.21. The number of sulfonamides is 1. The van der Waals surface area contributed by atoms with Crippen LogP contribution < -0.4 is 4.74 Å². The van der Waals surface area contributed by atoms with E-state index in [1.807, 2.05) is 0 Å². The Labute approximate surface area is 182 Å². The molecule has 0 bridgehead atoms. The lowest BCUT2D eigenvalue weighted by Gasteiger charge is -2.35. The lowest BCUT2D eigenvalue weighted by Crippen LogP contribution is -2.46. The Hall–Kier alpha value is -2.65. The van der Waals surface area contributed by atoms with Gasteiger partial charge in [-0.2, -0.15) is 4.31 Å². The highest BCUT2D eigenvalue weighted by Crippen LogP contribution is 2.36. The SMILES string of the molecule is COc1ccc(C2N(C(=O)N3CCCCC3)CCN2S(=O)(=O)c2ccc(F)cc2)cc1. The van der Waals surface area contributed by atoms with E-state index in [-0.39, 0.29) is 24.0 Å². The summed E-state index contributed by atoms with van der Waals surface area (Å²) in [5.74, 6) is 0.137. The van der Waals surface area contributed by atoms with Gasteiger partial charge >= 0.3 is 6.03 Å². The summed E-state index contributed by atoms with van der Waals surface area (Å²) in [4.78, 5) is 16.7. The molecular formula is C22H26FN3O4S. The lowest BCUT2D eigenvalue weighted by atomic mass is 10.1. The van der Waals surface area contributed by atoms with Crippen molar-refractivity contribution in [2.45, 2.75) is 30.3 Å². The number of methoxy groups -OCH3 is 1. The Morgan fingerprint density at radius 2 is 1.58 bits per heavy atom. The largest absolute Gasteiger partial charge is 0.497 e. The number of halogens is 1. The first-order valence-corrected chi connectivity index (χ1v) is 11.8. The van der Waals surface area contributed by atoms with Crippen molar-refractivity contribution in [1.82, 2.24) is 14.1 Å². The summed E-state index contributed by atoms with van der Waals surface area (Å²) in [5, 5.41) is 0. The van der Waals surface area contributed by atoms with Crippen LogP contribution in [0.15, 0.2) is 53.4 Å². The summed E-state index contributed by atoms with van der Waals surface area (Å²) in [5.41, 5.74) is 0.675. The second kappa shape index (κ2) is 8.84. The highest BCUT2D eigenvalue weighted by Gasteiger charge is 2.44. The minimum absolute atomic E-state index is 0.000293. The number of ether oxygens (including phenoxy) is 1. The van der Waals surface area contributed by atoms with Crippen molar-refractivity contribution in [3.63, 3.8) is 0 Å². The Morgan fingerprint density at radius 1 is 0.935 bits per heavy atom. The fraction of sp³-hybridized carbons (Fsp3) is 0.409. The van der Waals surface area contributed by atoms with Crippen molar-refractivity contribution in [3.05, 3.63) is 59.9 Å². The molecule has 2 aliphatic rings. The first-order valence-electron chi connectivity index (χ1n) is 10.4. The summed E-state index contributed by atoms with van der Waals surface area (Å²) >= 11 is 0. The molecule has 2 saturated heterocycles. The molecule has 2 amide bonds. The van der Waals surface area contributed by atoms with Gasteiger partial charge in [0, 0.05) is 26.2 Å². The normalized spacial score (nSPS) is 20.1. The fourth-order valence-corrected chi connectivity index (χ4v) is 5.76. The number of rotatable bonds is 4. The molecule has 166 valence electrons. The second-order valence-corrected chi connectivity index (χ2v) is 9.63. The van der Waals surface area contributed by atoms with Crippen molar-refractivity contribution in [2.24, 2.45) is 0 Å². The third kappa shape index (κ3) is 4.24. The van der Waals surface area contributed by atoms with Crippen LogP contribution in [0.1, 0.15) is 31.0 Å². The van der Waals surface area contributed by atoms with Gasteiger partial charge in [0.2, 0.25) is 10.0 Å². The highest BCUT2D eigenvalue weighted by atomic mass is 32.2. The van der Waals surface area contributed by atoms with Gasteiger partial charge in [0.1, 0.15) is 17.7 Å². The molecule has 0 spiro atoms. The Morgan fingerprint density at radius 3 is 2.19 bits per heavy atom. The quantitative estimate of drug-likeness (QED) is 0.720. The molecule has 1 atom stereocenters. The number of benzene rings is 2. The highest BCUT2D eigenvalue weighted by molar-refractivity contribution is 7.89. The van der Waals surface area contributed by atoms with Crippen LogP contribution in [0.25, 0.3) is 0 Å². The van der Waals surface area contributed by atoms with Crippen LogP contribution in [0, 0.1) is 5.82 Å². The van der Waals surface area contributed by atoms with Crippen molar-refractivity contribution in [3.8, 4) is 5.75 Å². The number of carbonyl (C=O) groups is 1. The van der Waals surface area contributed by atoms with Crippen LogP contribution in [-0.4, -0.2) is 61.8 Å². The van der Waals surface area contributed by atoms with E-state index in [2.05, 4.69) is 0 Å². The molecule has 2 aromatic rings. The third-order valence-corrected chi connectivity index (χ3v) is 7.70. The number of amides is 2. The Balaban J connectivity index is 1.71. The fourth-order valence-electron chi connectivity index (χ4n) is 4.19. The monoisotopic (exact) mass is 447 g/mol. The average molecular weight is 448 g/mol.